The highest BCUT2D eigenvalue weighted by molar-refractivity contribution is 7.90. The topological polar surface area (TPSA) is 78.3 Å². The van der Waals surface area contributed by atoms with Crippen LogP contribution in [-0.2, 0) is 19.6 Å². The Hall–Kier alpha value is -2.93. The molecule has 0 saturated carbocycles. The molecule has 0 atom stereocenters. The van der Waals surface area contributed by atoms with Crippen LogP contribution in [0.15, 0.2) is 59.8 Å². The van der Waals surface area contributed by atoms with Gasteiger partial charge in [0.25, 0.3) is 10.0 Å². The molecule has 2 heterocycles. The van der Waals surface area contributed by atoms with Crippen molar-refractivity contribution in [2.75, 3.05) is 7.11 Å². The largest absolute Gasteiger partial charge is 0.466 e. The van der Waals surface area contributed by atoms with Gasteiger partial charge in [0.05, 0.1) is 18.3 Å². The minimum atomic E-state index is -3.92. The Kier molecular flexibility index (Phi) is 4.41. The average molecular weight is 356 g/mol. The Morgan fingerprint density at radius 1 is 1.20 bits per heavy atom. The van der Waals surface area contributed by atoms with Crippen molar-refractivity contribution in [1.82, 2.24) is 8.96 Å². The number of rotatable bonds is 4. The lowest BCUT2D eigenvalue weighted by molar-refractivity contribution is -0.134. The second-order valence-electron chi connectivity index (χ2n) is 5.43. The molecule has 1 aromatic carbocycles. The van der Waals surface area contributed by atoms with Crippen LogP contribution < -0.4 is 0 Å². The summed E-state index contributed by atoms with van der Waals surface area (Å²) in [5, 5.41) is 0.677. The number of carbonyl (C=O) groups is 1. The van der Waals surface area contributed by atoms with Crippen molar-refractivity contribution in [3.8, 4) is 0 Å². The van der Waals surface area contributed by atoms with Crippen LogP contribution in [0, 0.1) is 6.92 Å². The van der Waals surface area contributed by atoms with E-state index in [1.54, 1.807) is 24.3 Å². The molecule has 128 valence electrons. The summed E-state index contributed by atoms with van der Waals surface area (Å²) in [6, 6.07) is 11.9. The van der Waals surface area contributed by atoms with Gasteiger partial charge in [-0.3, -0.25) is 0 Å². The van der Waals surface area contributed by atoms with Gasteiger partial charge >= 0.3 is 5.97 Å². The Labute approximate surface area is 145 Å². The number of pyridine rings is 1. The molecule has 25 heavy (non-hydrogen) atoms. The molecule has 6 nitrogen and oxygen atoms in total. The molecule has 3 aromatic rings. The number of esters is 1. The zero-order valence-corrected chi connectivity index (χ0v) is 14.5. The molecule has 0 aliphatic heterocycles. The average Bonchev–Trinajstić information content (AvgIpc) is 2.98. The molecule has 0 aliphatic carbocycles. The number of aromatic nitrogens is 2. The van der Waals surface area contributed by atoms with E-state index in [-0.39, 0.29) is 5.03 Å². The molecule has 7 heteroatoms. The molecular formula is C18H16N2O4S. The first-order chi connectivity index (χ1) is 11.9. The van der Waals surface area contributed by atoms with Gasteiger partial charge in [-0.1, -0.05) is 18.2 Å². The third-order valence-corrected chi connectivity index (χ3v) is 5.33. The third kappa shape index (κ3) is 3.18. The highest BCUT2D eigenvalue weighted by atomic mass is 32.2. The van der Waals surface area contributed by atoms with Gasteiger partial charge in [0.2, 0.25) is 0 Å². The van der Waals surface area contributed by atoms with Crippen LogP contribution in [0.3, 0.4) is 0 Å². The fourth-order valence-corrected chi connectivity index (χ4v) is 3.95. The summed E-state index contributed by atoms with van der Waals surface area (Å²) in [6.07, 6.45) is 4.03. The zero-order chi connectivity index (χ0) is 18.0. The molecule has 0 aliphatic rings. The van der Waals surface area contributed by atoms with Crippen LogP contribution in [0.4, 0.5) is 0 Å². The lowest BCUT2D eigenvalue weighted by Gasteiger charge is -2.09. The number of hydrogen-bond acceptors (Lipinski definition) is 5. The molecule has 0 fully saturated rings. The first kappa shape index (κ1) is 16.9. The Morgan fingerprint density at radius 2 is 2.00 bits per heavy atom. The summed E-state index contributed by atoms with van der Waals surface area (Å²) in [7, 11) is -2.66. The first-order valence-electron chi connectivity index (χ1n) is 7.48. The lowest BCUT2D eigenvalue weighted by Crippen LogP contribution is -2.15. The zero-order valence-electron chi connectivity index (χ0n) is 13.7. The van der Waals surface area contributed by atoms with Crippen molar-refractivity contribution in [2.24, 2.45) is 0 Å². The van der Waals surface area contributed by atoms with Crippen LogP contribution in [0.2, 0.25) is 0 Å². The predicted molar refractivity (Wildman–Crippen MR) is 94.5 cm³/mol. The summed E-state index contributed by atoms with van der Waals surface area (Å²) in [5.74, 6) is -0.566. The number of ether oxygens (including phenoxy) is 1. The smallest absolute Gasteiger partial charge is 0.330 e. The Morgan fingerprint density at radius 3 is 2.68 bits per heavy atom. The van der Waals surface area contributed by atoms with Gasteiger partial charge in [0.1, 0.15) is 0 Å². The minimum Gasteiger partial charge on any atom is -0.466 e. The van der Waals surface area contributed by atoms with Crippen LogP contribution in [-0.4, -0.2) is 30.5 Å². The predicted octanol–water partition coefficient (Wildman–Crippen LogP) is 2.77. The van der Waals surface area contributed by atoms with E-state index in [0.717, 1.165) is 10.9 Å². The van der Waals surface area contributed by atoms with Gasteiger partial charge in [-0.05, 0) is 42.8 Å². The maximum absolute atomic E-state index is 13.1. The third-order valence-electron chi connectivity index (χ3n) is 3.68. The summed E-state index contributed by atoms with van der Waals surface area (Å²) >= 11 is 0. The van der Waals surface area contributed by atoms with Crippen molar-refractivity contribution in [3.63, 3.8) is 0 Å². The van der Waals surface area contributed by atoms with Gasteiger partial charge in [0.15, 0.2) is 5.03 Å². The van der Waals surface area contributed by atoms with Crippen molar-refractivity contribution >= 4 is 33.0 Å². The molecular weight excluding hydrogens is 340 g/mol. The van der Waals surface area contributed by atoms with Crippen molar-refractivity contribution < 1.29 is 17.9 Å². The maximum atomic E-state index is 13.1. The van der Waals surface area contributed by atoms with Crippen molar-refractivity contribution in [3.05, 3.63) is 66.0 Å². The number of aryl methyl sites for hydroxylation is 1. The van der Waals surface area contributed by atoms with Crippen LogP contribution >= 0.6 is 0 Å². The Bertz CT molecular complexity index is 1070. The van der Waals surface area contributed by atoms with E-state index < -0.39 is 16.0 Å². The molecule has 0 saturated heterocycles. The maximum Gasteiger partial charge on any atom is 0.330 e. The molecule has 0 N–H and O–H groups in total. The number of benzene rings is 1. The number of hydrogen-bond donors (Lipinski definition) is 0. The molecule has 0 unspecified atom stereocenters. The number of carbonyl (C=O) groups excluding carboxylic acids is 1. The standard InChI is InChI=1S/C18H16N2O4S/c1-13-6-7-14-12-15(8-9-18(21)24-2)20(16(14)11-13)25(22,23)17-5-3-4-10-19-17/h3-12H,1-2H3/b9-8+. The van der Waals surface area contributed by atoms with Gasteiger partial charge < -0.3 is 4.74 Å². The van der Waals surface area contributed by atoms with E-state index in [4.69, 9.17) is 0 Å². The van der Waals surface area contributed by atoms with Gasteiger partial charge in [-0.2, -0.15) is 8.42 Å². The fourth-order valence-electron chi connectivity index (χ4n) is 2.51. The summed E-state index contributed by atoms with van der Waals surface area (Å²) in [5.41, 5.74) is 1.79. The van der Waals surface area contributed by atoms with Crippen LogP contribution in [0.5, 0.6) is 0 Å². The molecule has 0 bridgehead atoms. The van der Waals surface area contributed by atoms with E-state index in [1.807, 2.05) is 19.1 Å². The second kappa shape index (κ2) is 6.52. The minimum absolute atomic E-state index is 0.0678. The summed E-state index contributed by atoms with van der Waals surface area (Å²) in [4.78, 5) is 15.4. The number of fused-ring (bicyclic) bond motifs is 1. The second-order valence-corrected chi connectivity index (χ2v) is 7.16. The highest BCUT2D eigenvalue weighted by Crippen LogP contribution is 2.26. The Balaban J connectivity index is 2.29. The SMILES string of the molecule is COC(=O)/C=C/c1cc2ccc(C)cc2n1S(=O)(=O)c1ccccn1. The van der Waals surface area contributed by atoms with Crippen LogP contribution in [0.1, 0.15) is 11.3 Å². The lowest BCUT2D eigenvalue weighted by atomic mass is 10.2. The molecule has 0 radical (unpaired) electrons. The number of methoxy groups -OCH3 is 1. The molecule has 2 aromatic heterocycles. The molecule has 0 spiro atoms. The van der Waals surface area contributed by atoms with Gasteiger partial charge in [-0.15, -0.1) is 0 Å². The van der Waals surface area contributed by atoms with Crippen molar-refractivity contribution in [1.29, 1.82) is 0 Å². The first-order valence-corrected chi connectivity index (χ1v) is 8.92. The van der Waals surface area contributed by atoms with Gasteiger partial charge in [0, 0.05) is 17.7 Å². The fraction of sp³-hybridized carbons (Fsp3) is 0.111. The quantitative estimate of drug-likeness (QED) is 0.530. The monoisotopic (exact) mass is 356 g/mol. The van der Waals surface area contributed by atoms with E-state index in [9.17, 15) is 13.2 Å². The molecule has 0 amide bonds. The van der Waals surface area contributed by atoms with E-state index in [0.29, 0.717) is 11.2 Å². The van der Waals surface area contributed by atoms with E-state index in [1.165, 1.54) is 35.5 Å². The summed E-state index contributed by atoms with van der Waals surface area (Å²) in [6.45, 7) is 1.88. The van der Waals surface area contributed by atoms with E-state index in [2.05, 4.69) is 9.72 Å². The normalized spacial score (nSPS) is 11.9. The molecule has 3 rings (SSSR count). The number of nitrogens with zero attached hydrogens (tertiary/aromatic N) is 2. The van der Waals surface area contributed by atoms with E-state index >= 15 is 0 Å². The van der Waals surface area contributed by atoms with Crippen LogP contribution in [0.25, 0.3) is 17.0 Å². The van der Waals surface area contributed by atoms with Gasteiger partial charge in [-0.25, -0.2) is 13.8 Å². The summed E-state index contributed by atoms with van der Waals surface area (Å²) < 4.78 is 32.0. The van der Waals surface area contributed by atoms with Crippen molar-refractivity contribution in [2.45, 2.75) is 11.9 Å². The highest BCUT2D eigenvalue weighted by Gasteiger charge is 2.23.